The third-order valence-corrected chi connectivity index (χ3v) is 3.72. The number of aromatic amines is 1. The van der Waals surface area contributed by atoms with E-state index in [1.54, 1.807) is 6.20 Å². The van der Waals surface area contributed by atoms with Gasteiger partial charge >= 0.3 is 0 Å². The summed E-state index contributed by atoms with van der Waals surface area (Å²) in [5.74, 6) is 0.910. The van der Waals surface area contributed by atoms with Crippen LogP contribution in [-0.4, -0.2) is 15.0 Å². The van der Waals surface area contributed by atoms with E-state index in [0.717, 1.165) is 29.8 Å². The first-order valence-corrected chi connectivity index (χ1v) is 6.38. The van der Waals surface area contributed by atoms with Crippen molar-refractivity contribution in [2.45, 2.75) is 44.1 Å². The maximum Gasteiger partial charge on any atom is 0.177 e. The highest BCUT2D eigenvalue weighted by Crippen LogP contribution is 2.32. The predicted molar refractivity (Wildman–Crippen MR) is 67.5 cm³/mol. The van der Waals surface area contributed by atoms with Crippen LogP contribution >= 0.6 is 0 Å². The number of fused-ring (bicyclic) bond motifs is 1. The van der Waals surface area contributed by atoms with Gasteiger partial charge in [-0.15, -0.1) is 0 Å². The van der Waals surface area contributed by atoms with Crippen LogP contribution in [0.15, 0.2) is 18.3 Å². The molecule has 0 aromatic carbocycles. The Hall–Kier alpha value is -1.42. The number of imidazole rings is 1. The van der Waals surface area contributed by atoms with E-state index in [2.05, 4.69) is 15.0 Å². The van der Waals surface area contributed by atoms with Gasteiger partial charge in [-0.05, 0) is 25.0 Å². The first-order valence-electron chi connectivity index (χ1n) is 6.38. The minimum Gasteiger partial charge on any atom is -0.339 e. The van der Waals surface area contributed by atoms with Crippen LogP contribution in [0.5, 0.6) is 0 Å². The second kappa shape index (κ2) is 4.11. The lowest BCUT2D eigenvalue weighted by Gasteiger charge is -2.25. The molecule has 1 aliphatic carbocycles. The number of H-pyrrole nitrogens is 1. The van der Waals surface area contributed by atoms with Gasteiger partial charge in [-0.3, -0.25) is 0 Å². The number of aromatic nitrogens is 3. The van der Waals surface area contributed by atoms with Gasteiger partial charge in [0.2, 0.25) is 0 Å². The first kappa shape index (κ1) is 10.7. The Morgan fingerprint density at radius 2 is 1.94 bits per heavy atom. The fourth-order valence-corrected chi connectivity index (χ4v) is 2.68. The molecule has 1 saturated carbocycles. The van der Waals surface area contributed by atoms with Gasteiger partial charge < -0.3 is 10.7 Å². The molecule has 0 aliphatic heterocycles. The Morgan fingerprint density at radius 3 is 2.65 bits per heavy atom. The summed E-state index contributed by atoms with van der Waals surface area (Å²) >= 11 is 0. The molecular formula is C13H18N4. The summed E-state index contributed by atoms with van der Waals surface area (Å²) in [5.41, 5.74) is 8.00. The highest BCUT2D eigenvalue weighted by Gasteiger charge is 2.31. The summed E-state index contributed by atoms with van der Waals surface area (Å²) in [5, 5.41) is 0. The number of nitrogens with zero attached hydrogens (tertiary/aromatic N) is 2. The van der Waals surface area contributed by atoms with Crippen molar-refractivity contribution in [1.82, 2.24) is 15.0 Å². The van der Waals surface area contributed by atoms with Crippen LogP contribution in [0.3, 0.4) is 0 Å². The van der Waals surface area contributed by atoms with Crippen molar-refractivity contribution in [2.75, 3.05) is 0 Å². The van der Waals surface area contributed by atoms with Crippen molar-refractivity contribution in [3.8, 4) is 0 Å². The molecule has 3 N–H and O–H groups in total. The van der Waals surface area contributed by atoms with Gasteiger partial charge in [0.05, 0.1) is 11.1 Å². The Kier molecular flexibility index (Phi) is 2.59. The normalized spacial score (nSPS) is 20.3. The fraction of sp³-hybridized carbons (Fsp3) is 0.538. The summed E-state index contributed by atoms with van der Waals surface area (Å²) < 4.78 is 0. The molecule has 0 radical (unpaired) electrons. The third-order valence-electron chi connectivity index (χ3n) is 3.72. The lowest BCUT2D eigenvalue weighted by molar-refractivity contribution is 0.366. The van der Waals surface area contributed by atoms with E-state index >= 15 is 0 Å². The zero-order chi connectivity index (χ0) is 11.7. The van der Waals surface area contributed by atoms with Crippen LogP contribution in [0.25, 0.3) is 11.2 Å². The van der Waals surface area contributed by atoms with Gasteiger partial charge in [0.25, 0.3) is 0 Å². The number of rotatable bonds is 1. The molecule has 0 saturated heterocycles. The summed E-state index contributed by atoms with van der Waals surface area (Å²) in [6.45, 7) is 0. The average molecular weight is 230 g/mol. The monoisotopic (exact) mass is 230 g/mol. The van der Waals surface area contributed by atoms with Crippen molar-refractivity contribution in [1.29, 1.82) is 0 Å². The summed E-state index contributed by atoms with van der Waals surface area (Å²) in [6, 6.07) is 3.92. The van der Waals surface area contributed by atoms with Gasteiger partial charge in [-0.2, -0.15) is 0 Å². The van der Waals surface area contributed by atoms with Crippen LogP contribution in [0.1, 0.15) is 44.3 Å². The zero-order valence-electron chi connectivity index (χ0n) is 9.95. The summed E-state index contributed by atoms with van der Waals surface area (Å²) in [6.07, 6.45) is 8.78. The zero-order valence-corrected chi connectivity index (χ0v) is 9.95. The number of nitrogens with one attached hydrogen (secondary N) is 1. The van der Waals surface area contributed by atoms with E-state index in [-0.39, 0.29) is 5.54 Å². The Morgan fingerprint density at radius 1 is 1.18 bits per heavy atom. The SMILES string of the molecule is NC1(c2nc3ncccc3[nH]2)CCCCCC1. The lowest BCUT2D eigenvalue weighted by atomic mass is 9.91. The molecule has 2 heterocycles. The number of hydrogen-bond acceptors (Lipinski definition) is 3. The maximum atomic E-state index is 6.52. The number of nitrogens with two attached hydrogens (primary N) is 1. The van der Waals surface area contributed by atoms with Crippen molar-refractivity contribution in [2.24, 2.45) is 5.73 Å². The van der Waals surface area contributed by atoms with Crippen LogP contribution in [0.2, 0.25) is 0 Å². The van der Waals surface area contributed by atoms with Gasteiger partial charge in [0.1, 0.15) is 5.82 Å². The van der Waals surface area contributed by atoms with E-state index in [0.29, 0.717) is 0 Å². The fourth-order valence-electron chi connectivity index (χ4n) is 2.68. The number of hydrogen-bond donors (Lipinski definition) is 2. The Bertz CT molecular complexity index is 476. The molecule has 1 fully saturated rings. The first-order chi connectivity index (χ1) is 8.28. The van der Waals surface area contributed by atoms with Gasteiger partial charge in [-0.1, -0.05) is 25.7 Å². The van der Waals surface area contributed by atoms with Crippen molar-refractivity contribution in [3.63, 3.8) is 0 Å². The Labute approximate surface area is 101 Å². The van der Waals surface area contributed by atoms with E-state index in [9.17, 15) is 0 Å². The molecule has 3 rings (SSSR count). The molecule has 1 aliphatic rings. The quantitative estimate of drug-likeness (QED) is 0.739. The summed E-state index contributed by atoms with van der Waals surface area (Å²) in [4.78, 5) is 12.1. The molecular weight excluding hydrogens is 212 g/mol. The van der Waals surface area contributed by atoms with E-state index in [1.807, 2.05) is 12.1 Å². The number of pyridine rings is 1. The molecule has 0 amide bonds. The minimum absolute atomic E-state index is 0.281. The molecule has 0 unspecified atom stereocenters. The van der Waals surface area contributed by atoms with E-state index in [1.165, 1.54) is 25.7 Å². The smallest absolute Gasteiger partial charge is 0.177 e. The van der Waals surface area contributed by atoms with Crippen molar-refractivity contribution in [3.05, 3.63) is 24.2 Å². The van der Waals surface area contributed by atoms with E-state index < -0.39 is 0 Å². The molecule has 4 nitrogen and oxygen atoms in total. The van der Waals surface area contributed by atoms with Crippen LogP contribution in [0.4, 0.5) is 0 Å². The van der Waals surface area contributed by atoms with Crippen LogP contribution < -0.4 is 5.73 Å². The predicted octanol–water partition coefficient (Wildman–Crippen LogP) is 2.47. The van der Waals surface area contributed by atoms with Gasteiger partial charge in [0.15, 0.2) is 5.65 Å². The summed E-state index contributed by atoms with van der Waals surface area (Å²) in [7, 11) is 0. The molecule has 0 bridgehead atoms. The molecule has 4 heteroatoms. The van der Waals surface area contributed by atoms with Crippen molar-refractivity contribution >= 4 is 11.2 Å². The lowest BCUT2D eigenvalue weighted by Crippen LogP contribution is -2.37. The minimum atomic E-state index is -0.281. The van der Waals surface area contributed by atoms with Gasteiger partial charge in [0, 0.05) is 6.20 Å². The standard InChI is InChI=1S/C13H18N4/c14-13(7-3-1-2-4-8-13)12-16-10-6-5-9-15-11(10)17-12/h5-6,9H,1-4,7-8,14H2,(H,15,16,17). The average Bonchev–Trinajstić information content (AvgIpc) is 2.66. The second-order valence-corrected chi connectivity index (χ2v) is 5.03. The molecule has 90 valence electrons. The largest absolute Gasteiger partial charge is 0.339 e. The highest BCUT2D eigenvalue weighted by atomic mass is 15.0. The molecule has 17 heavy (non-hydrogen) atoms. The molecule has 2 aromatic rings. The van der Waals surface area contributed by atoms with Gasteiger partial charge in [-0.25, -0.2) is 9.97 Å². The third kappa shape index (κ3) is 1.93. The van der Waals surface area contributed by atoms with Crippen LogP contribution in [0, 0.1) is 0 Å². The van der Waals surface area contributed by atoms with Crippen LogP contribution in [-0.2, 0) is 5.54 Å². The second-order valence-electron chi connectivity index (χ2n) is 5.03. The topological polar surface area (TPSA) is 67.6 Å². The highest BCUT2D eigenvalue weighted by molar-refractivity contribution is 5.70. The molecule has 2 aromatic heterocycles. The van der Waals surface area contributed by atoms with E-state index in [4.69, 9.17) is 5.73 Å². The maximum absolute atomic E-state index is 6.52. The Balaban J connectivity index is 2.01. The molecule has 0 spiro atoms. The van der Waals surface area contributed by atoms with Crippen molar-refractivity contribution < 1.29 is 0 Å². The molecule has 0 atom stereocenters.